The zero-order valence-electron chi connectivity index (χ0n) is 11.9. The van der Waals surface area contributed by atoms with Gasteiger partial charge in [0.25, 0.3) is 0 Å². The molecule has 0 saturated heterocycles. The summed E-state index contributed by atoms with van der Waals surface area (Å²) >= 11 is 0. The Morgan fingerprint density at radius 3 is 2.47 bits per heavy atom. The first-order chi connectivity index (χ1) is 9.28. The van der Waals surface area contributed by atoms with Crippen LogP contribution in [0.1, 0.15) is 57.4 Å². The number of carbonyl (C=O) groups is 1. The molecule has 0 N–H and O–H groups in total. The van der Waals surface area contributed by atoms with Crippen LogP contribution in [0, 0.1) is 5.92 Å². The van der Waals surface area contributed by atoms with Crippen molar-refractivity contribution < 1.29 is 9.53 Å². The lowest BCUT2D eigenvalue weighted by molar-refractivity contribution is -0.134. The fourth-order valence-electron chi connectivity index (χ4n) is 2.77. The molecule has 1 aromatic rings. The fourth-order valence-corrected chi connectivity index (χ4v) is 2.77. The number of esters is 1. The zero-order chi connectivity index (χ0) is 13.5. The van der Waals surface area contributed by atoms with Gasteiger partial charge < -0.3 is 4.74 Å². The normalized spacial score (nSPS) is 16.3. The Labute approximate surface area is 116 Å². The summed E-state index contributed by atoms with van der Waals surface area (Å²) in [5.41, 5.74) is 1.27. The van der Waals surface area contributed by atoms with Crippen molar-refractivity contribution in [2.45, 2.75) is 58.3 Å². The molecule has 0 aliphatic heterocycles. The first-order valence-corrected chi connectivity index (χ1v) is 7.57. The van der Waals surface area contributed by atoms with Crippen LogP contribution in [-0.4, -0.2) is 5.97 Å². The van der Waals surface area contributed by atoms with Crippen LogP contribution in [0.2, 0.25) is 0 Å². The monoisotopic (exact) mass is 260 g/mol. The third kappa shape index (κ3) is 4.70. The third-order valence-corrected chi connectivity index (χ3v) is 4.04. The van der Waals surface area contributed by atoms with E-state index in [0.717, 1.165) is 18.8 Å². The average molecular weight is 260 g/mol. The molecule has 0 bridgehead atoms. The van der Waals surface area contributed by atoms with Gasteiger partial charge in [-0.1, -0.05) is 51.2 Å². The first-order valence-electron chi connectivity index (χ1n) is 7.57. The summed E-state index contributed by atoms with van der Waals surface area (Å²) in [6.45, 7) is 2.12. The number of hydrogen-bond donors (Lipinski definition) is 0. The van der Waals surface area contributed by atoms with Crippen LogP contribution >= 0.6 is 0 Å². The molecule has 0 radical (unpaired) electrons. The van der Waals surface area contributed by atoms with Crippen LogP contribution in [-0.2, 0) is 11.2 Å². The number of aryl methyl sites for hydroxylation is 1. The Kier molecular flexibility index (Phi) is 5.44. The molecule has 2 heteroatoms. The molecule has 1 saturated carbocycles. The lowest BCUT2D eigenvalue weighted by Crippen LogP contribution is -2.12. The lowest BCUT2D eigenvalue weighted by Gasteiger charge is -2.20. The van der Waals surface area contributed by atoms with Gasteiger partial charge in [0, 0.05) is 6.42 Å². The van der Waals surface area contributed by atoms with Crippen molar-refractivity contribution in [3.05, 3.63) is 29.8 Å². The Bertz CT molecular complexity index is 388. The van der Waals surface area contributed by atoms with Gasteiger partial charge >= 0.3 is 5.97 Å². The van der Waals surface area contributed by atoms with Crippen LogP contribution in [0.5, 0.6) is 5.75 Å². The van der Waals surface area contributed by atoms with E-state index in [9.17, 15) is 4.79 Å². The summed E-state index contributed by atoms with van der Waals surface area (Å²) < 4.78 is 5.37. The topological polar surface area (TPSA) is 26.3 Å². The maximum atomic E-state index is 11.8. The van der Waals surface area contributed by atoms with Crippen molar-refractivity contribution in [3.8, 4) is 5.75 Å². The minimum Gasteiger partial charge on any atom is -0.427 e. The summed E-state index contributed by atoms with van der Waals surface area (Å²) in [5, 5.41) is 0. The van der Waals surface area contributed by atoms with Crippen molar-refractivity contribution in [1.29, 1.82) is 0 Å². The van der Waals surface area contributed by atoms with Crippen LogP contribution in [0.15, 0.2) is 24.3 Å². The second-order valence-electron chi connectivity index (χ2n) is 5.51. The van der Waals surface area contributed by atoms with Crippen LogP contribution in [0.4, 0.5) is 0 Å². The largest absolute Gasteiger partial charge is 0.427 e. The highest BCUT2D eigenvalue weighted by molar-refractivity contribution is 5.72. The summed E-state index contributed by atoms with van der Waals surface area (Å²) in [6, 6.07) is 7.81. The Hall–Kier alpha value is -1.31. The molecule has 1 aliphatic carbocycles. The number of rotatable bonds is 5. The standard InChI is InChI=1S/C17H24O2/c1-2-14-8-11-16(12-9-14)19-17(18)13-10-15-6-4-3-5-7-15/h8-9,11-12,15H,2-7,10,13H2,1H3. The van der Waals surface area contributed by atoms with Gasteiger partial charge in [-0.15, -0.1) is 0 Å². The minimum absolute atomic E-state index is 0.0881. The molecule has 0 spiro atoms. The van der Waals surface area contributed by atoms with E-state index in [1.807, 2.05) is 24.3 Å². The van der Waals surface area contributed by atoms with E-state index in [4.69, 9.17) is 4.74 Å². The molecule has 2 nitrogen and oxygen atoms in total. The average Bonchev–Trinajstić information content (AvgIpc) is 2.47. The van der Waals surface area contributed by atoms with E-state index in [1.165, 1.54) is 37.7 Å². The second kappa shape index (κ2) is 7.32. The van der Waals surface area contributed by atoms with E-state index in [1.54, 1.807) is 0 Å². The third-order valence-electron chi connectivity index (χ3n) is 4.04. The summed E-state index contributed by atoms with van der Waals surface area (Å²) in [6.07, 6.45) is 9.17. The molecular formula is C17H24O2. The van der Waals surface area contributed by atoms with Gasteiger partial charge in [0.2, 0.25) is 0 Å². The number of carbonyl (C=O) groups excluding carboxylic acids is 1. The first kappa shape index (κ1) is 14.1. The zero-order valence-corrected chi connectivity index (χ0v) is 11.9. The van der Waals surface area contributed by atoms with Gasteiger partial charge in [-0.05, 0) is 36.5 Å². The number of benzene rings is 1. The molecule has 0 aromatic heterocycles. The molecular weight excluding hydrogens is 236 g/mol. The second-order valence-corrected chi connectivity index (χ2v) is 5.51. The summed E-state index contributed by atoms with van der Waals surface area (Å²) in [7, 11) is 0. The molecule has 0 unspecified atom stereocenters. The van der Waals surface area contributed by atoms with Gasteiger partial charge in [0.15, 0.2) is 0 Å². The highest BCUT2D eigenvalue weighted by Gasteiger charge is 2.15. The van der Waals surface area contributed by atoms with Gasteiger partial charge in [-0.25, -0.2) is 0 Å². The molecule has 104 valence electrons. The van der Waals surface area contributed by atoms with E-state index in [2.05, 4.69) is 6.92 Å². The predicted octanol–water partition coefficient (Wildman–Crippen LogP) is 4.51. The fraction of sp³-hybridized carbons (Fsp3) is 0.588. The number of hydrogen-bond acceptors (Lipinski definition) is 2. The molecule has 1 fully saturated rings. The summed E-state index contributed by atoms with van der Waals surface area (Å²) in [4.78, 5) is 11.8. The maximum Gasteiger partial charge on any atom is 0.311 e. The van der Waals surface area contributed by atoms with Gasteiger partial charge in [-0.3, -0.25) is 4.79 Å². The van der Waals surface area contributed by atoms with Crippen molar-refractivity contribution in [1.82, 2.24) is 0 Å². The van der Waals surface area contributed by atoms with Crippen molar-refractivity contribution in [3.63, 3.8) is 0 Å². The van der Waals surface area contributed by atoms with Crippen molar-refractivity contribution in [2.24, 2.45) is 5.92 Å². The molecule has 0 amide bonds. The lowest BCUT2D eigenvalue weighted by atomic mass is 9.86. The van der Waals surface area contributed by atoms with Crippen LogP contribution < -0.4 is 4.74 Å². The Morgan fingerprint density at radius 2 is 1.84 bits per heavy atom. The molecule has 19 heavy (non-hydrogen) atoms. The van der Waals surface area contributed by atoms with E-state index >= 15 is 0 Å². The van der Waals surface area contributed by atoms with Gasteiger partial charge in [0.1, 0.15) is 5.75 Å². The molecule has 1 aromatic carbocycles. The minimum atomic E-state index is -0.0881. The molecule has 0 heterocycles. The van der Waals surface area contributed by atoms with Gasteiger partial charge in [-0.2, -0.15) is 0 Å². The Balaban J connectivity index is 1.73. The van der Waals surface area contributed by atoms with Crippen LogP contribution in [0.25, 0.3) is 0 Å². The van der Waals surface area contributed by atoms with E-state index < -0.39 is 0 Å². The smallest absolute Gasteiger partial charge is 0.311 e. The quantitative estimate of drug-likeness (QED) is 0.575. The molecule has 1 aliphatic rings. The van der Waals surface area contributed by atoms with E-state index in [-0.39, 0.29) is 5.97 Å². The molecule has 0 atom stereocenters. The van der Waals surface area contributed by atoms with E-state index in [0.29, 0.717) is 12.2 Å². The highest BCUT2D eigenvalue weighted by atomic mass is 16.5. The predicted molar refractivity (Wildman–Crippen MR) is 77.3 cm³/mol. The SMILES string of the molecule is CCc1ccc(OC(=O)CCC2CCCCC2)cc1. The Morgan fingerprint density at radius 1 is 1.16 bits per heavy atom. The highest BCUT2D eigenvalue weighted by Crippen LogP contribution is 2.27. The summed E-state index contributed by atoms with van der Waals surface area (Å²) in [5.74, 6) is 1.32. The number of ether oxygens (including phenoxy) is 1. The molecule has 2 rings (SSSR count). The maximum absolute atomic E-state index is 11.8. The van der Waals surface area contributed by atoms with Crippen molar-refractivity contribution in [2.75, 3.05) is 0 Å². The van der Waals surface area contributed by atoms with Crippen molar-refractivity contribution >= 4 is 5.97 Å². The van der Waals surface area contributed by atoms with Crippen LogP contribution in [0.3, 0.4) is 0 Å². The van der Waals surface area contributed by atoms with Gasteiger partial charge in [0.05, 0.1) is 0 Å².